The lowest BCUT2D eigenvalue weighted by Gasteiger charge is -2.22. The van der Waals surface area contributed by atoms with Crippen LogP contribution in [0.3, 0.4) is 0 Å². The molecule has 0 spiro atoms. The lowest BCUT2D eigenvalue weighted by Crippen LogP contribution is -2.26. The van der Waals surface area contributed by atoms with Crippen LogP contribution in [0.1, 0.15) is 36.8 Å². The first-order valence-electron chi connectivity index (χ1n) is 4.80. The van der Waals surface area contributed by atoms with Gasteiger partial charge in [0.1, 0.15) is 0 Å². The number of hydrogen-bond acceptors (Lipinski definition) is 3. The van der Waals surface area contributed by atoms with Crippen LogP contribution in [0.4, 0.5) is 0 Å². The molecule has 15 heavy (non-hydrogen) atoms. The highest BCUT2D eigenvalue weighted by Gasteiger charge is 2.31. The number of carboxylic acid groups (broad SMARTS) is 1. The predicted molar refractivity (Wildman–Crippen MR) is 60.0 cm³/mol. The van der Waals surface area contributed by atoms with Crippen LogP contribution in [0.2, 0.25) is 0 Å². The second-order valence-electron chi connectivity index (χ2n) is 4.38. The Morgan fingerprint density at radius 1 is 1.60 bits per heavy atom. The maximum absolute atomic E-state index is 10.9. The Kier molecular flexibility index (Phi) is 3.52. The van der Waals surface area contributed by atoms with Crippen molar-refractivity contribution in [2.45, 2.75) is 33.3 Å². The molecule has 1 atom stereocenters. The Hall–Kier alpha value is -0.870. The molecule has 0 aliphatic rings. The number of aliphatic carboxylic acids is 1. The minimum atomic E-state index is -0.893. The summed E-state index contributed by atoms with van der Waals surface area (Å²) in [6, 6.07) is 1.93. The van der Waals surface area contributed by atoms with E-state index in [1.165, 1.54) is 11.3 Å². The van der Waals surface area contributed by atoms with Crippen LogP contribution in [-0.2, 0) is 4.79 Å². The standard InChI is InChI=1S/C11H16O3S/c1-7-4-5-15-9(7)8(12)6-11(2,3)10(13)14/h4-5,8,12H,6H2,1-3H3,(H,13,14). The molecule has 0 bridgehead atoms. The van der Waals surface area contributed by atoms with Gasteiger partial charge in [0.15, 0.2) is 0 Å². The second-order valence-corrected chi connectivity index (χ2v) is 5.32. The third kappa shape index (κ3) is 2.79. The van der Waals surface area contributed by atoms with Crippen molar-refractivity contribution >= 4 is 17.3 Å². The topological polar surface area (TPSA) is 57.5 Å². The maximum atomic E-state index is 10.9. The molecule has 0 aliphatic carbocycles. The smallest absolute Gasteiger partial charge is 0.309 e. The Balaban J connectivity index is 2.76. The number of carboxylic acids is 1. The summed E-state index contributed by atoms with van der Waals surface area (Å²) in [4.78, 5) is 11.8. The normalized spacial score (nSPS) is 13.9. The lowest BCUT2D eigenvalue weighted by atomic mass is 9.86. The van der Waals surface area contributed by atoms with E-state index in [4.69, 9.17) is 5.11 Å². The van der Waals surface area contributed by atoms with Gasteiger partial charge in [-0.3, -0.25) is 4.79 Å². The second kappa shape index (κ2) is 4.33. The number of aliphatic hydroxyl groups is 1. The first-order valence-corrected chi connectivity index (χ1v) is 5.68. The van der Waals surface area contributed by atoms with Gasteiger partial charge in [-0.25, -0.2) is 0 Å². The van der Waals surface area contributed by atoms with Crippen molar-refractivity contribution in [1.82, 2.24) is 0 Å². The molecule has 2 N–H and O–H groups in total. The first kappa shape index (κ1) is 12.2. The van der Waals surface area contributed by atoms with Crippen molar-refractivity contribution in [3.05, 3.63) is 21.9 Å². The molecular weight excluding hydrogens is 212 g/mol. The molecule has 4 heteroatoms. The third-order valence-electron chi connectivity index (χ3n) is 2.49. The molecule has 1 unspecified atom stereocenters. The van der Waals surface area contributed by atoms with Gasteiger partial charge in [0.2, 0.25) is 0 Å². The molecule has 1 aromatic heterocycles. The first-order chi connectivity index (χ1) is 6.84. The number of aryl methyl sites for hydroxylation is 1. The van der Waals surface area contributed by atoms with Crippen molar-refractivity contribution in [3.8, 4) is 0 Å². The van der Waals surface area contributed by atoms with Crippen molar-refractivity contribution < 1.29 is 15.0 Å². The number of hydrogen-bond donors (Lipinski definition) is 2. The van der Waals surface area contributed by atoms with Crippen molar-refractivity contribution in [2.75, 3.05) is 0 Å². The van der Waals surface area contributed by atoms with E-state index >= 15 is 0 Å². The molecule has 0 saturated carbocycles. The zero-order valence-electron chi connectivity index (χ0n) is 9.15. The average molecular weight is 228 g/mol. The Labute approximate surface area is 93.4 Å². The van der Waals surface area contributed by atoms with Gasteiger partial charge in [-0.05, 0) is 44.2 Å². The SMILES string of the molecule is Cc1ccsc1C(O)CC(C)(C)C(=O)O. The zero-order valence-corrected chi connectivity index (χ0v) is 9.97. The van der Waals surface area contributed by atoms with E-state index in [-0.39, 0.29) is 6.42 Å². The van der Waals surface area contributed by atoms with Gasteiger partial charge in [0.05, 0.1) is 11.5 Å². The number of aliphatic hydroxyl groups excluding tert-OH is 1. The van der Waals surface area contributed by atoms with E-state index in [9.17, 15) is 9.90 Å². The summed E-state index contributed by atoms with van der Waals surface area (Å²) < 4.78 is 0. The highest BCUT2D eigenvalue weighted by atomic mass is 32.1. The van der Waals surface area contributed by atoms with Gasteiger partial charge in [0.25, 0.3) is 0 Å². The van der Waals surface area contributed by atoms with Gasteiger partial charge >= 0.3 is 5.97 Å². The summed E-state index contributed by atoms with van der Waals surface area (Å²) in [6.45, 7) is 5.17. The van der Waals surface area contributed by atoms with Crippen LogP contribution in [0.25, 0.3) is 0 Å². The van der Waals surface area contributed by atoms with E-state index in [0.717, 1.165) is 10.4 Å². The van der Waals surface area contributed by atoms with E-state index in [1.807, 2.05) is 18.4 Å². The fourth-order valence-electron chi connectivity index (χ4n) is 1.39. The Bertz CT molecular complexity index is 354. The predicted octanol–water partition coefficient (Wildman–Crippen LogP) is 2.59. The van der Waals surface area contributed by atoms with Gasteiger partial charge in [-0.15, -0.1) is 11.3 Å². The molecule has 0 saturated heterocycles. The molecular formula is C11H16O3S. The van der Waals surface area contributed by atoms with Gasteiger partial charge in [0, 0.05) is 4.88 Å². The van der Waals surface area contributed by atoms with Crippen LogP contribution in [0, 0.1) is 12.3 Å². The molecule has 3 nitrogen and oxygen atoms in total. The Morgan fingerprint density at radius 3 is 2.60 bits per heavy atom. The van der Waals surface area contributed by atoms with E-state index < -0.39 is 17.5 Å². The summed E-state index contributed by atoms with van der Waals surface area (Å²) in [5, 5.41) is 20.8. The monoisotopic (exact) mass is 228 g/mol. The Morgan fingerprint density at radius 2 is 2.20 bits per heavy atom. The van der Waals surface area contributed by atoms with Crippen LogP contribution < -0.4 is 0 Å². The summed E-state index contributed by atoms with van der Waals surface area (Å²) >= 11 is 1.47. The summed E-state index contributed by atoms with van der Waals surface area (Å²) in [5.41, 5.74) is 0.129. The molecule has 84 valence electrons. The van der Waals surface area contributed by atoms with Crippen LogP contribution in [-0.4, -0.2) is 16.2 Å². The molecule has 0 aromatic carbocycles. The number of carbonyl (C=O) groups is 1. The van der Waals surface area contributed by atoms with E-state index in [0.29, 0.717) is 0 Å². The highest BCUT2D eigenvalue weighted by molar-refractivity contribution is 7.10. The minimum absolute atomic E-state index is 0.240. The molecule has 1 aromatic rings. The fraction of sp³-hybridized carbons (Fsp3) is 0.545. The van der Waals surface area contributed by atoms with Crippen LogP contribution in [0.15, 0.2) is 11.4 Å². The van der Waals surface area contributed by atoms with Crippen molar-refractivity contribution in [2.24, 2.45) is 5.41 Å². The molecule has 0 aliphatic heterocycles. The highest BCUT2D eigenvalue weighted by Crippen LogP contribution is 2.33. The molecule has 1 heterocycles. The van der Waals surface area contributed by atoms with Crippen molar-refractivity contribution in [1.29, 1.82) is 0 Å². The van der Waals surface area contributed by atoms with E-state index in [1.54, 1.807) is 13.8 Å². The van der Waals surface area contributed by atoms with Gasteiger partial charge in [-0.1, -0.05) is 0 Å². The summed E-state index contributed by atoms with van der Waals surface area (Å²) in [7, 11) is 0. The lowest BCUT2D eigenvalue weighted by molar-refractivity contribution is -0.148. The number of thiophene rings is 1. The fourth-order valence-corrected chi connectivity index (χ4v) is 2.30. The number of rotatable bonds is 4. The van der Waals surface area contributed by atoms with Gasteiger partial charge in [-0.2, -0.15) is 0 Å². The van der Waals surface area contributed by atoms with Crippen LogP contribution >= 0.6 is 11.3 Å². The summed E-state index contributed by atoms with van der Waals surface area (Å²) in [5.74, 6) is -0.879. The molecule has 0 amide bonds. The largest absolute Gasteiger partial charge is 0.481 e. The van der Waals surface area contributed by atoms with Crippen molar-refractivity contribution in [3.63, 3.8) is 0 Å². The quantitative estimate of drug-likeness (QED) is 0.832. The molecule has 1 rings (SSSR count). The third-order valence-corrected chi connectivity index (χ3v) is 3.61. The molecule has 0 fully saturated rings. The van der Waals surface area contributed by atoms with Crippen LogP contribution in [0.5, 0.6) is 0 Å². The molecule has 0 radical (unpaired) electrons. The maximum Gasteiger partial charge on any atom is 0.309 e. The van der Waals surface area contributed by atoms with E-state index in [2.05, 4.69) is 0 Å². The zero-order chi connectivity index (χ0) is 11.6. The average Bonchev–Trinajstić information content (AvgIpc) is 2.50. The summed E-state index contributed by atoms with van der Waals surface area (Å²) in [6.07, 6.45) is -0.444. The minimum Gasteiger partial charge on any atom is -0.481 e. The van der Waals surface area contributed by atoms with Gasteiger partial charge < -0.3 is 10.2 Å².